The van der Waals surface area contributed by atoms with Crippen LogP contribution in [0.15, 0.2) is 12.1 Å². The SMILES string of the molecule is COc1cc2c(cc1OC)C(O)C(Br)C2. The number of methoxy groups -OCH3 is 2. The highest BCUT2D eigenvalue weighted by molar-refractivity contribution is 9.09. The number of fused-ring (bicyclic) bond motifs is 1. The van der Waals surface area contributed by atoms with E-state index in [1.807, 2.05) is 12.1 Å². The molecule has 2 rings (SSSR count). The normalized spacial score (nSPS) is 23.7. The van der Waals surface area contributed by atoms with Crippen LogP contribution in [0.2, 0.25) is 0 Å². The Hall–Kier alpha value is -0.740. The van der Waals surface area contributed by atoms with E-state index in [2.05, 4.69) is 15.9 Å². The van der Waals surface area contributed by atoms with Gasteiger partial charge in [-0.05, 0) is 29.7 Å². The van der Waals surface area contributed by atoms with Crippen LogP contribution >= 0.6 is 15.9 Å². The lowest BCUT2D eigenvalue weighted by atomic mass is 10.1. The summed E-state index contributed by atoms with van der Waals surface area (Å²) >= 11 is 3.45. The predicted octanol–water partition coefficient (Wildman–Crippen LogP) is 2.06. The third-order valence-electron chi connectivity index (χ3n) is 2.72. The fraction of sp³-hybridized carbons (Fsp3) is 0.455. The number of aliphatic hydroxyl groups is 1. The van der Waals surface area contributed by atoms with Crippen molar-refractivity contribution in [1.82, 2.24) is 0 Å². The van der Waals surface area contributed by atoms with E-state index in [9.17, 15) is 5.11 Å². The van der Waals surface area contributed by atoms with Crippen LogP contribution in [0.3, 0.4) is 0 Å². The Labute approximate surface area is 97.1 Å². The summed E-state index contributed by atoms with van der Waals surface area (Å²) in [5.41, 5.74) is 2.04. The highest BCUT2D eigenvalue weighted by Crippen LogP contribution is 2.41. The maximum atomic E-state index is 9.89. The maximum absolute atomic E-state index is 9.89. The van der Waals surface area contributed by atoms with E-state index in [1.165, 1.54) is 0 Å². The largest absolute Gasteiger partial charge is 0.493 e. The van der Waals surface area contributed by atoms with E-state index in [1.54, 1.807) is 14.2 Å². The molecule has 1 aromatic rings. The average molecular weight is 273 g/mol. The first-order chi connectivity index (χ1) is 7.17. The van der Waals surface area contributed by atoms with Crippen LogP contribution in [0, 0.1) is 0 Å². The first-order valence-electron chi connectivity index (χ1n) is 4.74. The molecule has 0 spiro atoms. The molecule has 1 aromatic carbocycles. The minimum absolute atomic E-state index is 0.0873. The molecule has 0 radical (unpaired) electrons. The van der Waals surface area contributed by atoms with E-state index >= 15 is 0 Å². The minimum Gasteiger partial charge on any atom is -0.493 e. The number of benzene rings is 1. The van der Waals surface area contributed by atoms with E-state index < -0.39 is 6.10 Å². The lowest BCUT2D eigenvalue weighted by molar-refractivity contribution is 0.187. The number of halogens is 1. The summed E-state index contributed by atoms with van der Waals surface area (Å²) < 4.78 is 10.4. The summed E-state index contributed by atoms with van der Waals surface area (Å²) in [6.07, 6.45) is 0.358. The Kier molecular flexibility index (Phi) is 2.89. The zero-order valence-electron chi connectivity index (χ0n) is 8.66. The van der Waals surface area contributed by atoms with Gasteiger partial charge in [0.2, 0.25) is 0 Å². The second-order valence-electron chi connectivity index (χ2n) is 3.57. The summed E-state index contributed by atoms with van der Waals surface area (Å²) in [6, 6.07) is 3.78. The fourth-order valence-electron chi connectivity index (χ4n) is 1.91. The van der Waals surface area contributed by atoms with Gasteiger partial charge in [-0.1, -0.05) is 15.9 Å². The highest BCUT2D eigenvalue weighted by Gasteiger charge is 2.30. The van der Waals surface area contributed by atoms with Crippen LogP contribution < -0.4 is 9.47 Å². The standard InChI is InChI=1S/C11H13BrO3/c1-14-9-4-6-3-8(12)11(13)7(6)5-10(9)15-2/h4-5,8,11,13H,3H2,1-2H3. The predicted molar refractivity (Wildman–Crippen MR) is 60.9 cm³/mol. The van der Waals surface area contributed by atoms with E-state index in [0.717, 1.165) is 17.5 Å². The average Bonchev–Trinajstić information content (AvgIpc) is 2.53. The lowest BCUT2D eigenvalue weighted by Crippen LogP contribution is -2.04. The molecule has 4 heteroatoms. The molecule has 0 amide bonds. The number of alkyl halides is 1. The fourth-order valence-corrected chi connectivity index (χ4v) is 2.54. The Morgan fingerprint density at radius 2 is 1.87 bits per heavy atom. The molecule has 1 aliphatic rings. The number of hydrogen-bond acceptors (Lipinski definition) is 3. The maximum Gasteiger partial charge on any atom is 0.161 e. The molecule has 2 unspecified atom stereocenters. The van der Waals surface area contributed by atoms with Crippen molar-refractivity contribution in [3.63, 3.8) is 0 Å². The van der Waals surface area contributed by atoms with E-state index in [0.29, 0.717) is 11.5 Å². The molecule has 0 saturated carbocycles. The van der Waals surface area contributed by atoms with Crippen molar-refractivity contribution in [1.29, 1.82) is 0 Å². The summed E-state index contributed by atoms with van der Waals surface area (Å²) in [5.74, 6) is 1.38. The van der Waals surface area contributed by atoms with Crippen LogP contribution in [0.25, 0.3) is 0 Å². The quantitative estimate of drug-likeness (QED) is 0.838. The summed E-state index contributed by atoms with van der Waals surface area (Å²) in [7, 11) is 3.21. The molecular formula is C11H13BrO3. The Morgan fingerprint density at radius 1 is 1.27 bits per heavy atom. The number of ether oxygens (including phenoxy) is 2. The molecule has 0 aromatic heterocycles. The molecule has 0 heterocycles. The number of aliphatic hydroxyl groups excluding tert-OH is 1. The molecule has 82 valence electrons. The van der Waals surface area contributed by atoms with Gasteiger partial charge in [0.1, 0.15) is 0 Å². The Morgan fingerprint density at radius 3 is 2.47 bits per heavy atom. The minimum atomic E-state index is -0.459. The summed E-state index contributed by atoms with van der Waals surface area (Å²) in [6.45, 7) is 0. The van der Waals surface area contributed by atoms with Crippen molar-refractivity contribution in [2.24, 2.45) is 0 Å². The Bertz CT molecular complexity index is 378. The van der Waals surface area contributed by atoms with Gasteiger partial charge in [0.05, 0.1) is 20.3 Å². The molecule has 0 saturated heterocycles. The van der Waals surface area contributed by atoms with E-state index in [-0.39, 0.29) is 4.83 Å². The van der Waals surface area contributed by atoms with Crippen molar-refractivity contribution in [2.45, 2.75) is 17.4 Å². The first-order valence-corrected chi connectivity index (χ1v) is 5.66. The van der Waals surface area contributed by atoms with Gasteiger partial charge in [0.15, 0.2) is 11.5 Å². The topological polar surface area (TPSA) is 38.7 Å². The van der Waals surface area contributed by atoms with Crippen LogP contribution in [0.5, 0.6) is 11.5 Å². The van der Waals surface area contributed by atoms with Crippen LogP contribution in [-0.2, 0) is 6.42 Å². The third-order valence-corrected chi connectivity index (χ3v) is 3.55. The van der Waals surface area contributed by atoms with Gasteiger partial charge in [-0.3, -0.25) is 0 Å². The van der Waals surface area contributed by atoms with Gasteiger partial charge in [-0.2, -0.15) is 0 Å². The van der Waals surface area contributed by atoms with Crippen molar-refractivity contribution >= 4 is 15.9 Å². The van der Waals surface area contributed by atoms with Crippen molar-refractivity contribution < 1.29 is 14.6 Å². The highest BCUT2D eigenvalue weighted by atomic mass is 79.9. The molecule has 3 nitrogen and oxygen atoms in total. The van der Waals surface area contributed by atoms with E-state index in [4.69, 9.17) is 9.47 Å². The number of rotatable bonds is 2. The summed E-state index contributed by atoms with van der Waals surface area (Å²) in [5, 5.41) is 9.89. The van der Waals surface area contributed by atoms with Gasteiger partial charge >= 0.3 is 0 Å². The van der Waals surface area contributed by atoms with Crippen LogP contribution in [-0.4, -0.2) is 24.2 Å². The molecule has 0 fully saturated rings. The van der Waals surface area contributed by atoms with Gasteiger partial charge in [-0.15, -0.1) is 0 Å². The molecule has 0 bridgehead atoms. The molecule has 1 N–H and O–H groups in total. The molecule has 2 atom stereocenters. The summed E-state index contributed by atoms with van der Waals surface area (Å²) in [4.78, 5) is 0.0873. The zero-order chi connectivity index (χ0) is 11.0. The number of hydrogen-bond donors (Lipinski definition) is 1. The van der Waals surface area contributed by atoms with Gasteiger partial charge in [0, 0.05) is 4.83 Å². The lowest BCUT2D eigenvalue weighted by Gasteiger charge is -2.11. The van der Waals surface area contributed by atoms with Crippen molar-refractivity contribution in [3.8, 4) is 11.5 Å². The molecule has 15 heavy (non-hydrogen) atoms. The van der Waals surface area contributed by atoms with Crippen LogP contribution in [0.1, 0.15) is 17.2 Å². The van der Waals surface area contributed by atoms with Gasteiger partial charge in [-0.25, -0.2) is 0 Å². The zero-order valence-corrected chi connectivity index (χ0v) is 10.2. The smallest absolute Gasteiger partial charge is 0.161 e. The van der Waals surface area contributed by atoms with Crippen molar-refractivity contribution in [3.05, 3.63) is 23.3 Å². The van der Waals surface area contributed by atoms with Gasteiger partial charge < -0.3 is 14.6 Å². The molecule has 1 aliphatic carbocycles. The Balaban J connectivity index is 2.48. The second-order valence-corrected chi connectivity index (χ2v) is 4.75. The second kappa shape index (κ2) is 4.02. The monoisotopic (exact) mass is 272 g/mol. The van der Waals surface area contributed by atoms with Crippen LogP contribution in [0.4, 0.5) is 0 Å². The van der Waals surface area contributed by atoms with Crippen molar-refractivity contribution in [2.75, 3.05) is 14.2 Å². The third kappa shape index (κ3) is 1.72. The first kappa shape index (κ1) is 10.8. The molecule has 0 aliphatic heterocycles. The van der Waals surface area contributed by atoms with Gasteiger partial charge in [0.25, 0.3) is 0 Å². The molecular weight excluding hydrogens is 260 g/mol.